The minimum absolute atomic E-state index is 0.0299. The number of carbonyl (C=O) groups is 1. The van der Waals surface area contributed by atoms with Crippen LogP contribution in [0.25, 0.3) is 0 Å². The zero-order valence-corrected chi connectivity index (χ0v) is 20.0. The van der Waals surface area contributed by atoms with Crippen molar-refractivity contribution >= 4 is 5.91 Å². The van der Waals surface area contributed by atoms with Crippen molar-refractivity contribution in [1.82, 2.24) is 15.8 Å². The average Bonchev–Trinajstić information content (AvgIpc) is 3.37. The van der Waals surface area contributed by atoms with E-state index in [1.54, 1.807) is 0 Å². The van der Waals surface area contributed by atoms with Gasteiger partial charge in [-0.25, -0.2) is 0 Å². The van der Waals surface area contributed by atoms with Crippen LogP contribution in [0.15, 0.2) is 65.3 Å². The second-order valence-electron chi connectivity index (χ2n) is 9.47. The van der Waals surface area contributed by atoms with E-state index >= 15 is 0 Å². The summed E-state index contributed by atoms with van der Waals surface area (Å²) in [6.07, 6.45) is 2.80. The lowest BCUT2D eigenvalue weighted by Crippen LogP contribution is -2.50. The molecule has 0 saturated carbocycles. The molecular weight excluding hydrogens is 430 g/mol. The molecule has 3 atom stereocenters. The van der Waals surface area contributed by atoms with E-state index in [1.807, 2.05) is 36.4 Å². The molecule has 1 aliphatic heterocycles. The Morgan fingerprint density at radius 3 is 2.68 bits per heavy atom. The first kappa shape index (κ1) is 24.0. The molecule has 7 nitrogen and oxygen atoms in total. The Labute approximate surface area is 200 Å². The molecule has 0 fully saturated rings. The van der Waals surface area contributed by atoms with Crippen LogP contribution in [-0.2, 0) is 12.8 Å². The summed E-state index contributed by atoms with van der Waals surface area (Å²) < 4.78 is 11.2. The highest BCUT2D eigenvalue weighted by Crippen LogP contribution is 2.40. The summed E-state index contributed by atoms with van der Waals surface area (Å²) in [4.78, 5) is 12.6. The van der Waals surface area contributed by atoms with Crippen molar-refractivity contribution in [2.45, 2.75) is 63.8 Å². The molecule has 2 aromatic carbocycles. The average molecular weight is 464 g/mol. The quantitative estimate of drug-likeness (QED) is 0.446. The third kappa shape index (κ3) is 5.85. The standard InChI is InChI=1S/C27H33N3O4/c1-4-18-10-11-24-20(14-18)22(16-27(2,3)33-24)28-17-23(31)21(15-19-8-6-5-7-9-19)30-26(32)25-12-13-29-34-25/h5-14,21-23,28,31H,4,15-17H2,1-3H3,(H,30,32)/t21-,22-,23+/m0/s1. The number of hydrogen-bond donors (Lipinski definition) is 3. The van der Waals surface area contributed by atoms with Gasteiger partial charge in [-0.15, -0.1) is 0 Å². The third-order valence-corrected chi connectivity index (χ3v) is 6.25. The van der Waals surface area contributed by atoms with Crippen LogP contribution in [0, 0.1) is 0 Å². The van der Waals surface area contributed by atoms with Crippen LogP contribution in [0.3, 0.4) is 0 Å². The van der Waals surface area contributed by atoms with Gasteiger partial charge in [0.2, 0.25) is 5.76 Å². The molecule has 0 unspecified atom stereocenters. The van der Waals surface area contributed by atoms with Gasteiger partial charge in [0.15, 0.2) is 0 Å². The summed E-state index contributed by atoms with van der Waals surface area (Å²) in [7, 11) is 0. The van der Waals surface area contributed by atoms with Gasteiger partial charge < -0.3 is 25.0 Å². The zero-order chi connectivity index (χ0) is 24.1. The smallest absolute Gasteiger partial charge is 0.290 e. The Hall–Kier alpha value is -3.16. The molecule has 3 N–H and O–H groups in total. The van der Waals surface area contributed by atoms with Gasteiger partial charge in [0.25, 0.3) is 5.91 Å². The van der Waals surface area contributed by atoms with Crippen molar-refractivity contribution in [1.29, 1.82) is 0 Å². The van der Waals surface area contributed by atoms with Crippen molar-refractivity contribution in [3.05, 3.63) is 83.2 Å². The molecular formula is C27H33N3O4. The fraction of sp³-hybridized carbons (Fsp3) is 0.407. The predicted octanol–water partition coefficient (Wildman–Crippen LogP) is 3.83. The number of aliphatic hydroxyl groups is 1. The maximum atomic E-state index is 12.6. The molecule has 0 radical (unpaired) electrons. The van der Waals surface area contributed by atoms with Crippen molar-refractivity contribution in [2.75, 3.05) is 6.54 Å². The maximum Gasteiger partial charge on any atom is 0.290 e. The Morgan fingerprint density at radius 1 is 1.18 bits per heavy atom. The minimum atomic E-state index is -0.823. The summed E-state index contributed by atoms with van der Waals surface area (Å²) in [6, 6.07) is 17.1. The number of amides is 1. The summed E-state index contributed by atoms with van der Waals surface area (Å²) in [6.45, 7) is 6.59. The van der Waals surface area contributed by atoms with Crippen LogP contribution < -0.4 is 15.4 Å². The van der Waals surface area contributed by atoms with Crippen LogP contribution in [0.1, 0.15) is 60.5 Å². The van der Waals surface area contributed by atoms with Crippen LogP contribution in [0.5, 0.6) is 5.75 Å². The Morgan fingerprint density at radius 2 is 1.97 bits per heavy atom. The lowest BCUT2D eigenvalue weighted by Gasteiger charge is -2.39. The molecule has 0 bridgehead atoms. The highest BCUT2D eigenvalue weighted by atomic mass is 16.5. The van der Waals surface area contributed by atoms with Crippen LogP contribution >= 0.6 is 0 Å². The van der Waals surface area contributed by atoms with Crippen molar-refractivity contribution in [2.24, 2.45) is 0 Å². The molecule has 0 spiro atoms. The SMILES string of the molecule is CCc1ccc2c(c1)[C@@H](NC[C@@H](O)[C@H](Cc1ccccc1)NC(=O)c1ccno1)CC(C)(C)O2. The number of aryl methyl sites for hydroxylation is 1. The molecule has 1 aliphatic rings. The Balaban J connectivity index is 1.49. The second kappa shape index (κ2) is 10.4. The van der Waals surface area contributed by atoms with Gasteiger partial charge in [-0.3, -0.25) is 4.79 Å². The molecule has 0 saturated heterocycles. The molecule has 1 amide bonds. The number of aromatic nitrogens is 1. The monoisotopic (exact) mass is 463 g/mol. The van der Waals surface area contributed by atoms with E-state index < -0.39 is 18.1 Å². The number of rotatable bonds is 9. The molecule has 4 rings (SSSR count). The number of nitrogens with one attached hydrogen (secondary N) is 2. The molecule has 1 aromatic heterocycles. The number of nitrogens with zero attached hydrogens (tertiary/aromatic N) is 1. The van der Waals surface area contributed by atoms with Crippen LogP contribution in [0.4, 0.5) is 0 Å². The topological polar surface area (TPSA) is 96.6 Å². The fourth-order valence-corrected chi connectivity index (χ4v) is 4.44. The van der Waals surface area contributed by atoms with E-state index in [1.165, 1.54) is 17.8 Å². The van der Waals surface area contributed by atoms with Crippen molar-refractivity contribution in [3.8, 4) is 5.75 Å². The molecule has 3 aromatic rings. The van der Waals surface area contributed by atoms with E-state index in [2.05, 4.69) is 48.7 Å². The van der Waals surface area contributed by atoms with Crippen molar-refractivity contribution < 1.29 is 19.2 Å². The van der Waals surface area contributed by atoms with Crippen molar-refractivity contribution in [3.63, 3.8) is 0 Å². The van der Waals surface area contributed by atoms with Gasteiger partial charge >= 0.3 is 0 Å². The normalized spacial score (nSPS) is 18.4. The largest absolute Gasteiger partial charge is 0.487 e. The predicted molar refractivity (Wildman–Crippen MR) is 130 cm³/mol. The molecule has 34 heavy (non-hydrogen) atoms. The van der Waals surface area contributed by atoms with Crippen LogP contribution in [0.2, 0.25) is 0 Å². The Kier molecular flexibility index (Phi) is 7.34. The number of aliphatic hydroxyl groups excluding tert-OH is 1. The van der Waals surface area contributed by atoms with E-state index in [0.717, 1.165) is 29.7 Å². The summed E-state index contributed by atoms with van der Waals surface area (Å²) in [5.41, 5.74) is 3.05. The number of benzene rings is 2. The molecule has 7 heteroatoms. The van der Waals surface area contributed by atoms with E-state index in [9.17, 15) is 9.90 Å². The van der Waals surface area contributed by atoms with Gasteiger partial charge in [0, 0.05) is 30.6 Å². The fourth-order valence-electron chi connectivity index (χ4n) is 4.44. The number of hydrogen-bond acceptors (Lipinski definition) is 6. The summed E-state index contributed by atoms with van der Waals surface area (Å²) in [5.74, 6) is 0.591. The lowest BCUT2D eigenvalue weighted by molar-refractivity contribution is 0.0579. The van der Waals surface area contributed by atoms with Gasteiger partial charge in [-0.1, -0.05) is 54.5 Å². The van der Waals surface area contributed by atoms with Gasteiger partial charge in [-0.05, 0) is 43.9 Å². The highest BCUT2D eigenvalue weighted by molar-refractivity contribution is 5.91. The first-order valence-corrected chi connectivity index (χ1v) is 11.8. The first-order chi connectivity index (χ1) is 16.3. The summed E-state index contributed by atoms with van der Waals surface area (Å²) in [5, 5.41) is 21.2. The number of carbonyl (C=O) groups excluding carboxylic acids is 1. The third-order valence-electron chi connectivity index (χ3n) is 6.25. The minimum Gasteiger partial charge on any atom is -0.487 e. The highest BCUT2D eigenvalue weighted by Gasteiger charge is 2.34. The Bertz CT molecular complexity index is 1080. The van der Waals surface area contributed by atoms with E-state index in [4.69, 9.17) is 9.26 Å². The number of fused-ring (bicyclic) bond motifs is 1. The van der Waals surface area contributed by atoms with Gasteiger partial charge in [0.1, 0.15) is 11.4 Å². The maximum absolute atomic E-state index is 12.6. The second-order valence-corrected chi connectivity index (χ2v) is 9.47. The van der Waals surface area contributed by atoms with E-state index in [-0.39, 0.29) is 17.4 Å². The molecule has 180 valence electrons. The molecule has 2 heterocycles. The van der Waals surface area contributed by atoms with E-state index in [0.29, 0.717) is 13.0 Å². The zero-order valence-electron chi connectivity index (χ0n) is 20.0. The summed E-state index contributed by atoms with van der Waals surface area (Å²) >= 11 is 0. The van der Waals surface area contributed by atoms with Gasteiger partial charge in [0.05, 0.1) is 18.3 Å². The number of ether oxygens (including phenoxy) is 1. The first-order valence-electron chi connectivity index (χ1n) is 11.8. The molecule has 0 aliphatic carbocycles. The van der Waals surface area contributed by atoms with Crippen LogP contribution in [-0.4, -0.2) is 40.5 Å². The lowest BCUT2D eigenvalue weighted by atomic mass is 9.88. The van der Waals surface area contributed by atoms with Gasteiger partial charge in [-0.2, -0.15) is 0 Å².